The van der Waals surface area contributed by atoms with Gasteiger partial charge in [-0.1, -0.05) is 0 Å². The van der Waals surface area contributed by atoms with Crippen LogP contribution >= 0.6 is 0 Å². The highest BCUT2D eigenvalue weighted by Crippen LogP contribution is 2.35. The van der Waals surface area contributed by atoms with Crippen molar-refractivity contribution in [3.63, 3.8) is 0 Å². The number of halogens is 2. The highest BCUT2D eigenvalue weighted by atomic mass is 19.1. The number of hydrogen-bond donors (Lipinski definition) is 2. The first-order valence-electron chi connectivity index (χ1n) is 4.61. The van der Waals surface area contributed by atoms with Gasteiger partial charge in [0.1, 0.15) is 11.6 Å². The van der Waals surface area contributed by atoms with Crippen LogP contribution in [0, 0.1) is 11.6 Å². The third kappa shape index (κ3) is 1.59. The number of benzene rings is 1. The van der Waals surface area contributed by atoms with Crippen LogP contribution in [0.2, 0.25) is 0 Å². The summed E-state index contributed by atoms with van der Waals surface area (Å²) >= 11 is 0. The fraction of sp³-hybridized carbons (Fsp3) is 0.300. The Bertz CT molecular complexity index is 420. The van der Waals surface area contributed by atoms with Crippen molar-refractivity contribution in [3.05, 3.63) is 29.3 Å². The zero-order valence-electron chi connectivity index (χ0n) is 7.89. The molecule has 1 aliphatic heterocycles. The lowest BCUT2D eigenvalue weighted by atomic mass is 9.90. The van der Waals surface area contributed by atoms with E-state index in [1.54, 1.807) is 0 Å². The standard InChI is InChI=1S/C10H10F2N2O/c11-6-1-2-7(12)10-9(6)5(4-13)3-8(15)14-10/h1-2,5H,3-4,13H2,(H,14,15). The summed E-state index contributed by atoms with van der Waals surface area (Å²) in [5.41, 5.74) is 5.54. The van der Waals surface area contributed by atoms with Crippen molar-refractivity contribution in [2.75, 3.05) is 11.9 Å². The van der Waals surface area contributed by atoms with Gasteiger partial charge in [0, 0.05) is 17.9 Å². The second kappa shape index (κ2) is 3.58. The summed E-state index contributed by atoms with van der Waals surface area (Å²) in [4.78, 5) is 11.2. The lowest BCUT2D eigenvalue weighted by Gasteiger charge is -2.25. The van der Waals surface area contributed by atoms with Crippen LogP contribution in [0.5, 0.6) is 0 Å². The van der Waals surface area contributed by atoms with Crippen molar-refractivity contribution in [3.8, 4) is 0 Å². The molecule has 1 unspecified atom stereocenters. The molecule has 1 aromatic carbocycles. The number of amides is 1. The second-order valence-corrected chi connectivity index (χ2v) is 3.50. The van der Waals surface area contributed by atoms with E-state index in [2.05, 4.69) is 5.32 Å². The maximum atomic E-state index is 13.4. The van der Waals surface area contributed by atoms with Gasteiger partial charge in [0.15, 0.2) is 0 Å². The van der Waals surface area contributed by atoms with Crippen LogP contribution in [0.15, 0.2) is 12.1 Å². The number of carbonyl (C=O) groups is 1. The van der Waals surface area contributed by atoms with Crippen LogP contribution in [0.4, 0.5) is 14.5 Å². The summed E-state index contributed by atoms with van der Waals surface area (Å²) < 4.78 is 26.8. The van der Waals surface area contributed by atoms with Crippen LogP contribution in [0.1, 0.15) is 17.9 Å². The number of fused-ring (bicyclic) bond motifs is 1. The molecule has 1 aromatic rings. The molecule has 0 aliphatic carbocycles. The van der Waals surface area contributed by atoms with Crippen LogP contribution in [-0.2, 0) is 4.79 Å². The summed E-state index contributed by atoms with van der Waals surface area (Å²) in [5, 5.41) is 2.32. The first kappa shape index (κ1) is 10.0. The summed E-state index contributed by atoms with van der Waals surface area (Å²) in [6, 6.07) is 2.04. The number of nitrogens with two attached hydrogens (primary N) is 1. The molecule has 0 saturated carbocycles. The van der Waals surface area contributed by atoms with Crippen molar-refractivity contribution < 1.29 is 13.6 Å². The van der Waals surface area contributed by atoms with E-state index >= 15 is 0 Å². The maximum absolute atomic E-state index is 13.4. The predicted octanol–water partition coefficient (Wildman–Crippen LogP) is 1.35. The minimum absolute atomic E-state index is 0.0679. The fourth-order valence-electron chi connectivity index (χ4n) is 1.81. The maximum Gasteiger partial charge on any atom is 0.225 e. The SMILES string of the molecule is NCC1CC(=O)Nc2c(F)ccc(F)c21. The Balaban J connectivity index is 2.59. The molecule has 0 saturated heterocycles. The molecule has 3 N–H and O–H groups in total. The van der Waals surface area contributed by atoms with E-state index in [4.69, 9.17) is 5.73 Å². The summed E-state index contributed by atoms with van der Waals surface area (Å²) in [7, 11) is 0. The average Bonchev–Trinajstić information content (AvgIpc) is 2.22. The lowest BCUT2D eigenvalue weighted by molar-refractivity contribution is -0.116. The number of nitrogens with one attached hydrogen (secondary N) is 1. The second-order valence-electron chi connectivity index (χ2n) is 3.50. The van der Waals surface area contributed by atoms with Crippen molar-refractivity contribution in [2.24, 2.45) is 5.73 Å². The van der Waals surface area contributed by atoms with Gasteiger partial charge in [-0.3, -0.25) is 4.79 Å². The Morgan fingerprint density at radius 2 is 2.07 bits per heavy atom. The molecule has 0 spiro atoms. The third-order valence-electron chi connectivity index (χ3n) is 2.53. The van der Waals surface area contributed by atoms with Gasteiger partial charge >= 0.3 is 0 Å². The minimum Gasteiger partial charge on any atom is -0.330 e. The molecule has 0 radical (unpaired) electrons. The van der Waals surface area contributed by atoms with E-state index < -0.39 is 17.6 Å². The summed E-state index contributed by atoms with van der Waals surface area (Å²) in [5.74, 6) is -1.92. The minimum atomic E-state index is -0.627. The molecule has 1 atom stereocenters. The number of carbonyl (C=O) groups excluding carboxylic acids is 1. The molecule has 1 amide bonds. The highest BCUT2D eigenvalue weighted by molar-refractivity contribution is 5.95. The van der Waals surface area contributed by atoms with E-state index in [9.17, 15) is 13.6 Å². The zero-order chi connectivity index (χ0) is 11.0. The Kier molecular flexibility index (Phi) is 2.40. The van der Waals surface area contributed by atoms with Crippen molar-refractivity contribution >= 4 is 11.6 Å². The lowest BCUT2D eigenvalue weighted by Crippen LogP contribution is -2.28. The average molecular weight is 212 g/mol. The van der Waals surface area contributed by atoms with Crippen molar-refractivity contribution in [2.45, 2.75) is 12.3 Å². The summed E-state index contributed by atoms with van der Waals surface area (Å²) in [6.45, 7) is 0.126. The molecule has 5 heteroatoms. The van der Waals surface area contributed by atoms with Gasteiger partial charge in [-0.2, -0.15) is 0 Å². The third-order valence-corrected chi connectivity index (χ3v) is 2.53. The molecular formula is C10H10F2N2O. The first-order valence-corrected chi connectivity index (χ1v) is 4.61. The smallest absolute Gasteiger partial charge is 0.225 e. The van der Waals surface area contributed by atoms with Gasteiger partial charge in [-0.25, -0.2) is 8.78 Å². The van der Waals surface area contributed by atoms with E-state index in [0.29, 0.717) is 0 Å². The summed E-state index contributed by atoms with van der Waals surface area (Å²) in [6.07, 6.45) is 0.101. The van der Waals surface area contributed by atoms with Crippen molar-refractivity contribution in [1.82, 2.24) is 0 Å². The number of hydrogen-bond acceptors (Lipinski definition) is 2. The van der Waals surface area contributed by atoms with Gasteiger partial charge in [-0.05, 0) is 18.7 Å². The quantitative estimate of drug-likeness (QED) is 0.738. The van der Waals surface area contributed by atoms with Crippen LogP contribution < -0.4 is 11.1 Å². The molecule has 0 fully saturated rings. The molecule has 15 heavy (non-hydrogen) atoms. The molecule has 1 aliphatic rings. The Labute approximate surface area is 85.3 Å². The van der Waals surface area contributed by atoms with Gasteiger partial charge in [0.25, 0.3) is 0 Å². The molecule has 1 heterocycles. The van der Waals surface area contributed by atoms with Gasteiger partial charge in [0.2, 0.25) is 5.91 Å². The highest BCUT2D eigenvalue weighted by Gasteiger charge is 2.29. The normalized spacial score (nSPS) is 19.7. The number of anilines is 1. The van der Waals surface area contributed by atoms with Crippen LogP contribution in [0.25, 0.3) is 0 Å². The Hall–Kier alpha value is -1.49. The molecule has 3 nitrogen and oxygen atoms in total. The van der Waals surface area contributed by atoms with Crippen LogP contribution in [-0.4, -0.2) is 12.5 Å². The van der Waals surface area contributed by atoms with Gasteiger partial charge < -0.3 is 11.1 Å². The van der Waals surface area contributed by atoms with Gasteiger partial charge in [-0.15, -0.1) is 0 Å². The Morgan fingerprint density at radius 3 is 2.73 bits per heavy atom. The van der Waals surface area contributed by atoms with Crippen LogP contribution in [0.3, 0.4) is 0 Å². The van der Waals surface area contributed by atoms with Crippen molar-refractivity contribution in [1.29, 1.82) is 0 Å². The zero-order valence-corrected chi connectivity index (χ0v) is 7.89. The largest absolute Gasteiger partial charge is 0.330 e. The molecule has 80 valence electrons. The van der Waals surface area contributed by atoms with Gasteiger partial charge in [0.05, 0.1) is 5.69 Å². The molecular weight excluding hydrogens is 202 g/mol. The Morgan fingerprint density at radius 1 is 1.40 bits per heavy atom. The molecule has 2 rings (SSSR count). The van der Waals surface area contributed by atoms with E-state index in [1.807, 2.05) is 0 Å². The number of rotatable bonds is 1. The van der Waals surface area contributed by atoms with E-state index in [1.165, 1.54) is 0 Å². The predicted molar refractivity (Wildman–Crippen MR) is 51.4 cm³/mol. The monoisotopic (exact) mass is 212 g/mol. The molecule has 0 bridgehead atoms. The topological polar surface area (TPSA) is 55.1 Å². The first-order chi connectivity index (χ1) is 7.13. The van der Waals surface area contributed by atoms with E-state index in [-0.39, 0.29) is 30.1 Å². The molecule has 0 aromatic heterocycles. The van der Waals surface area contributed by atoms with E-state index in [0.717, 1.165) is 12.1 Å². The fourth-order valence-corrected chi connectivity index (χ4v) is 1.81.